The third-order valence-electron chi connectivity index (χ3n) is 4.06. The van der Waals surface area contributed by atoms with E-state index in [1.54, 1.807) is 25.6 Å². The fourth-order valence-electron chi connectivity index (χ4n) is 2.57. The summed E-state index contributed by atoms with van der Waals surface area (Å²) in [5, 5.41) is 6.11. The maximum atomic E-state index is 12.3. The third-order valence-corrected chi connectivity index (χ3v) is 4.06. The number of carbonyl (C=O) groups is 1. The normalized spacial score (nSPS) is 10.2. The number of hydrogen-bond acceptors (Lipinski definition) is 5. The number of hydrogen-bond donors (Lipinski definition) is 2. The molecule has 6 nitrogen and oxygen atoms in total. The molecule has 0 spiro atoms. The van der Waals surface area contributed by atoms with Crippen LogP contribution in [0.25, 0.3) is 0 Å². The molecule has 0 unspecified atom stereocenters. The average Bonchev–Trinajstić information content (AvgIpc) is 2.76. The van der Waals surface area contributed by atoms with Crippen molar-refractivity contribution in [2.75, 3.05) is 25.6 Å². The number of carbonyl (C=O) groups excluding carboxylic acids is 1. The van der Waals surface area contributed by atoms with Crippen LogP contribution in [0.1, 0.15) is 15.9 Å². The van der Waals surface area contributed by atoms with Crippen LogP contribution in [-0.4, -0.2) is 31.2 Å². The van der Waals surface area contributed by atoms with Crippen LogP contribution in [0.15, 0.2) is 73.1 Å². The molecule has 0 fully saturated rings. The summed E-state index contributed by atoms with van der Waals surface area (Å²) in [6, 6.07) is 19.1. The minimum absolute atomic E-state index is 0.186. The van der Waals surface area contributed by atoms with E-state index in [0.717, 1.165) is 22.7 Å². The summed E-state index contributed by atoms with van der Waals surface area (Å²) in [4.78, 5) is 16.5. The van der Waals surface area contributed by atoms with E-state index < -0.39 is 0 Å². The number of pyridine rings is 1. The molecule has 6 heteroatoms. The molecule has 3 aromatic rings. The van der Waals surface area contributed by atoms with Crippen molar-refractivity contribution < 1.29 is 14.3 Å². The van der Waals surface area contributed by atoms with Gasteiger partial charge in [-0.1, -0.05) is 30.3 Å². The molecule has 144 valence electrons. The Labute approximate surface area is 164 Å². The summed E-state index contributed by atoms with van der Waals surface area (Å²) in [7, 11) is 1.62. The molecule has 0 bridgehead atoms. The van der Waals surface area contributed by atoms with Gasteiger partial charge in [0.1, 0.15) is 18.1 Å². The highest BCUT2D eigenvalue weighted by atomic mass is 16.5. The fraction of sp³-hybridized carbons (Fsp3) is 0.182. The lowest BCUT2D eigenvalue weighted by molar-refractivity contribution is 0.0946. The number of methoxy groups -OCH3 is 1. The number of ether oxygens (including phenoxy) is 2. The van der Waals surface area contributed by atoms with Crippen molar-refractivity contribution in [2.45, 2.75) is 6.54 Å². The van der Waals surface area contributed by atoms with E-state index in [9.17, 15) is 4.79 Å². The molecule has 28 heavy (non-hydrogen) atoms. The van der Waals surface area contributed by atoms with Crippen LogP contribution in [-0.2, 0) is 6.54 Å². The quantitative estimate of drug-likeness (QED) is 0.558. The van der Waals surface area contributed by atoms with Crippen molar-refractivity contribution in [2.24, 2.45) is 0 Å². The Morgan fingerprint density at radius 2 is 1.75 bits per heavy atom. The van der Waals surface area contributed by atoms with Crippen LogP contribution < -0.4 is 20.1 Å². The maximum Gasteiger partial charge on any atom is 0.253 e. The first-order valence-electron chi connectivity index (χ1n) is 9.02. The second kappa shape index (κ2) is 9.97. The Hall–Kier alpha value is -3.54. The number of aromatic nitrogens is 1. The smallest absolute Gasteiger partial charge is 0.253 e. The van der Waals surface area contributed by atoms with Crippen LogP contribution in [0, 0.1) is 0 Å². The van der Waals surface area contributed by atoms with E-state index in [1.807, 2.05) is 54.6 Å². The molecule has 0 aliphatic carbocycles. The molecule has 2 aromatic carbocycles. The fourth-order valence-corrected chi connectivity index (χ4v) is 2.57. The number of rotatable bonds is 9. The SMILES string of the molecule is COc1ccc(OCCNC(=O)c2cncc(NCc3ccccc3)c2)cc1. The second-order valence-electron chi connectivity index (χ2n) is 6.08. The Morgan fingerprint density at radius 1 is 1.00 bits per heavy atom. The zero-order valence-corrected chi connectivity index (χ0v) is 15.7. The maximum absolute atomic E-state index is 12.3. The Morgan fingerprint density at radius 3 is 2.50 bits per heavy atom. The molecule has 0 radical (unpaired) electrons. The average molecular weight is 377 g/mol. The highest BCUT2D eigenvalue weighted by Gasteiger charge is 2.07. The Balaban J connectivity index is 1.44. The highest BCUT2D eigenvalue weighted by molar-refractivity contribution is 5.94. The van der Waals surface area contributed by atoms with Crippen molar-refractivity contribution in [3.63, 3.8) is 0 Å². The van der Waals surface area contributed by atoms with Crippen molar-refractivity contribution in [1.82, 2.24) is 10.3 Å². The van der Waals surface area contributed by atoms with E-state index in [2.05, 4.69) is 15.6 Å². The lowest BCUT2D eigenvalue weighted by atomic mass is 10.2. The lowest BCUT2D eigenvalue weighted by Crippen LogP contribution is -2.28. The second-order valence-corrected chi connectivity index (χ2v) is 6.08. The van der Waals surface area contributed by atoms with Crippen molar-refractivity contribution in [3.05, 3.63) is 84.2 Å². The minimum atomic E-state index is -0.186. The van der Waals surface area contributed by atoms with Crippen LogP contribution >= 0.6 is 0 Å². The molecule has 0 saturated heterocycles. The largest absolute Gasteiger partial charge is 0.497 e. The molecule has 2 N–H and O–H groups in total. The van der Waals surface area contributed by atoms with Crippen LogP contribution in [0.3, 0.4) is 0 Å². The number of benzene rings is 2. The van der Waals surface area contributed by atoms with Gasteiger partial charge in [-0.3, -0.25) is 9.78 Å². The van der Waals surface area contributed by atoms with E-state index in [1.165, 1.54) is 0 Å². The van der Waals surface area contributed by atoms with Gasteiger partial charge in [-0.2, -0.15) is 0 Å². The lowest BCUT2D eigenvalue weighted by Gasteiger charge is -2.10. The summed E-state index contributed by atoms with van der Waals surface area (Å²) in [6.07, 6.45) is 3.25. The summed E-state index contributed by atoms with van der Waals surface area (Å²) in [6.45, 7) is 1.44. The van der Waals surface area contributed by atoms with Gasteiger partial charge in [0, 0.05) is 18.9 Å². The van der Waals surface area contributed by atoms with E-state index >= 15 is 0 Å². The predicted octanol–water partition coefficient (Wildman–Crippen LogP) is 3.51. The minimum Gasteiger partial charge on any atom is -0.497 e. The summed E-state index contributed by atoms with van der Waals surface area (Å²) < 4.78 is 10.7. The molecule has 1 amide bonds. The van der Waals surface area contributed by atoms with Crippen LogP contribution in [0.2, 0.25) is 0 Å². The molecule has 0 saturated carbocycles. The molecule has 0 atom stereocenters. The zero-order chi connectivity index (χ0) is 19.6. The number of nitrogens with zero attached hydrogens (tertiary/aromatic N) is 1. The molecule has 1 heterocycles. The zero-order valence-electron chi connectivity index (χ0n) is 15.7. The van der Waals surface area contributed by atoms with Gasteiger partial charge < -0.3 is 20.1 Å². The van der Waals surface area contributed by atoms with Gasteiger partial charge in [0.25, 0.3) is 5.91 Å². The number of nitrogens with one attached hydrogen (secondary N) is 2. The number of amides is 1. The summed E-state index contributed by atoms with van der Waals surface area (Å²) >= 11 is 0. The van der Waals surface area contributed by atoms with Gasteiger partial charge in [-0.15, -0.1) is 0 Å². The molecule has 1 aromatic heterocycles. The van der Waals surface area contributed by atoms with Crippen LogP contribution in [0.5, 0.6) is 11.5 Å². The predicted molar refractivity (Wildman–Crippen MR) is 109 cm³/mol. The monoisotopic (exact) mass is 377 g/mol. The standard InChI is InChI=1S/C22H23N3O3/c1-27-20-7-9-21(10-8-20)28-12-11-24-22(26)18-13-19(16-23-15-18)25-14-17-5-3-2-4-6-17/h2-10,13,15-16,25H,11-12,14H2,1H3,(H,24,26). The van der Waals surface area contributed by atoms with E-state index in [-0.39, 0.29) is 5.91 Å². The Bertz CT molecular complexity index is 883. The molecule has 0 aliphatic heterocycles. The Kier molecular flexibility index (Phi) is 6.84. The topological polar surface area (TPSA) is 72.5 Å². The van der Waals surface area contributed by atoms with Gasteiger partial charge in [0.05, 0.1) is 24.9 Å². The molecule has 3 rings (SSSR count). The molecule has 0 aliphatic rings. The van der Waals surface area contributed by atoms with E-state index in [0.29, 0.717) is 25.3 Å². The van der Waals surface area contributed by atoms with Gasteiger partial charge in [0.2, 0.25) is 0 Å². The first-order chi connectivity index (χ1) is 13.7. The van der Waals surface area contributed by atoms with Crippen molar-refractivity contribution >= 4 is 11.6 Å². The molecular formula is C22H23N3O3. The third kappa shape index (κ3) is 5.74. The van der Waals surface area contributed by atoms with Crippen molar-refractivity contribution in [3.8, 4) is 11.5 Å². The van der Waals surface area contributed by atoms with Gasteiger partial charge >= 0.3 is 0 Å². The van der Waals surface area contributed by atoms with Gasteiger partial charge in [-0.25, -0.2) is 0 Å². The first kappa shape index (κ1) is 19.2. The molecular weight excluding hydrogens is 354 g/mol. The summed E-state index contributed by atoms with van der Waals surface area (Å²) in [5.74, 6) is 1.31. The van der Waals surface area contributed by atoms with Gasteiger partial charge in [0.15, 0.2) is 0 Å². The number of anilines is 1. The van der Waals surface area contributed by atoms with Crippen molar-refractivity contribution in [1.29, 1.82) is 0 Å². The summed E-state index contributed by atoms with van der Waals surface area (Å²) in [5.41, 5.74) is 2.46. The first-order valence-corrected chi connectivity index (χ1v) is 9.02. The van der Waals surface area contributed by atoms with Gasteiger partial charge in [-0.05, 0) is 35.9 Å². The highest BCUT2D eigenvalue weighted by Crippen LogP contribution is 2.16. The van der Waals surface area contributed by atoms with E-state index in [4.69, 9.17) is 9.47 Å². The van der Waals surface area contributed by atoms with Crippen LogP contribution in [0.4, 0.5) is 5.69 Å².